The quantitative estimate of drug-likeness (QED) is 0.701. The molecule has 1 aromatic carbocycles. The molecule has 0 bridgehead atoms. The molecule has 0 aliphatic carbocycles. The zero-order valence-corrected chi connectivity index (χ0v) is 8.92. The standard InChI is InChI=1S/C11H11ClN2/c1-3-4-8-9-7-14(2)13-11(9)6-5-10(8)12/h3-7H,1-2H3/b4-3+. The van der Waals surface area contributed by atoms with E-state index in [2.05, 4.69) is 5.10 Å². The number of benzene rings is 1. The van der Waals surface area contributed by atoms with Crippen LogP contribution in [0.2, 0.25) is 5.02 Å². The second-order valence-corrected chi connectivity index (χ2v) is 3.60. The molecule has 0 saturated heterocycles. The number of hydrogen-bond donors (Lipinski definition) is 0. The normalized spacial score (nSPS) is 11.6. The van der Waals surface area contributed by atoms with Crippen molar-refractivity contribution in [1.29, 1.82) is 0 Å². The summed E-state index contributed by atoms with van der Waals surface area (Å²) < 4.78 is 1.80. The molecular weight excluding hydrogens is 196 g/mol. The van der Waals surface area contributed by atoms with Crippen LogP contribution in [0.25, 0.3) is 17.0 Å². The Morgan fingerprint density at radius 1 is 1.43 bits per heavy atom. The maximum atomic E-state index is 6.10. The van der Waals surface area contributed by atoms with E-state index >= 15 is 0 Å². The van der Waals surface area contributed by atoms with Gasteiger partial charge in [0.2, 0.25) is 0 Å². The van der Waals surface area contributed by atoms with Crippen LogP contribution in [0.1, 0.15) is 12.5 Å². The number of aromatic nitrogens is 2. The summed E-state index contributed by atoms with van der Waals surface area (Å²) in [7, 11) is 1.91. The van der Waals surface area contributed by atoms with Crippen LogP contribution >= 0.6 is 11.6 Å². The van der Waals surface area contributed by atoms with E-state index in [-0.39, 0.29) is 0 Å². The highest BCUT2D eigenvalue weighted by Gasteiger charge is 2.05. The number of fused-ring (bicyclic) bond motifs is 1. The van der Waals surface area contributed by atoms with Gasteiger partial charge in [0.25, 0.3) is 0 Å². The average Bonchev–Trinajstić information content (AvgIpc) is 2.51. The van der Waals surface area contributed by atoms with Crippen LogP contribution in [0.15, 0.2) is 24.4 Å². The lowest BCUT2D eigenvalue weighted by Crippen LogP contribution is -1.84. The van der Waals surface area contributed by atoms with E-state index in [1.165, 1.54) is 0 Å². The molecule has 2 aromatic rings. The maximum absolute atomic E-state index is 6.10. The van der Waals surface area contributed by atoms with Crippen LogP contribution in [0.3, 0.4) is 0 Å². The van der Waals surface area contributed by atoms with Crippen molar-refractivity contribution in [1.82, 2.24) is 9.78 Å². The third kappa shape index (κ3) is 1.42. The summed E-state index contributed by atoms with van der Waals surface area (Å²) in [6.07, 6.45) is 5.97. The first-order chi connectivity index (χ1) is 6.72. The van der Waals surface area contributed by atoms with Crippen molar-refractivity contribution < 1.29 is 0 Å². The molecule has 0 N–H and O–H groups in total. The van der Waals surface area contributed by atoms with Gasteiger partial charge in [-0.05, 0) is 19.1 Å². The first-order valence-electron chi connectivity index (χ1n) is 4.47. The van der Waals surface area contributed by atoms with Gasteiger partial charge in [-0.15, -0.1) is 0 Å². The van der Waals surface area contributed by atoms with Gasteiger partial charge in [-0.1, -0.05) is 23.8 Å². The van der Waals surface area contributed by atoms with Crippen molar-refractivity contribution in [2.75, 3.05) is 0 Å². The molecule has 0 radical (unpaired) electrons. The van der Waals surface area contributed by atoms with Gasteiger partial charge in [-0.25, -0.2) is 0 Å². The van der Waals surface area contributed by atoms with E-state index in [0.717, 1.165) is 21.5 Å². The van der Waals surface area contributed by atoms with Crippen molar-refractivity contribution in [3.63, 3.8) is 0 Å². The molecule has 14 heavy (non-hydrogen) atoms. The number of hydrogen-bond acceptors (Lipinski definition) is 1. The van der Waals surface area contributed by atoms with Gasteiger partial charge in [0.05, 0.1) is 5.52 Å². The zero-order valence-electron chi connectivity index (χ0n) is 8.16. The summed E-state index contributed by atoms with van der Waals surface area (Å²) in [6, 6.07) is 3.82. The summed E-state index contributed by atoms with van der Waals surface area (Å²) in [5.41, 5.74) is 2.02. The molecule has 72 valence electrons. The molecule has 3 heteroatoms. The fourth-order valence-electron chi connectivity index (χ4n) is 1.54. The lowest BCUT2D eigenvalue weighted by Gasteiger charge is -1.98. The minimum absolute atomic E-state index is 0.767. The average molecular weight is 207 g/mol. The number of rotatable bonds is 1. The predicted molar refractivity (Wildman–Crippen MR) is 60.4 cm³/mol. The monoisotopic (exact) mass is 206 g/mol. The summed E-state index contributed by atoms with van der Waals surface area (Å²) >= 11 is 6.10. The van der Waals surface area contributed by atoms with E-state index < -0.39 is 0 Å². The Labute approximate surface area is 87.8 Å². The molecule has 0 unspecified atom stereocenters. The van der Waals surface area contributed by atoms with Crippen LogP contribution in [-0.4, -0.2) is 9.78 Å². The lowest BCUT2D eigenvalue weighted by molar-refractivity contribution is 0.780. The Morgan fingerprint density at radius 3 is 2.93 bits per heavy atom. The molecule has 0 spiro atoms. The SMILES string of the molecule is C/C=C/c1c(Cl)ccc2nn(C)cc12. The number of halogens is 1. The molecule has 1 heterocycles. The Balaban J connectivity index is 2.81. The van der Waals surface area contributed by atoms with Gasteiger partial charge in [0.1, 0.15) is 0 Å². The Morgan fingerprint density at radius 2 is 2.21 bits per heavy atom. The highest BCUT2D eigenvalue weighted by atomic mass is 35.5. The van der Waals surface area contributed by atoms with Crippen molar-refractivity contribution in [2.24, 2.45) is 7.05 Å². The molecular formula is C11H11ClN2. The van der Waals surface area contributed by atoms with E-state index in [4.69, 9.17) is 11.6 Å². The van der Waals surface area contributed by atoms with Crippen LogP contribution in [-0.2, 0) is 7.05 Å². The summed E-state index contributed by atoms with van der Waals surface area (Å²) in [5, 5.41) is 6.18. The zero-order chi connectivity index (χ0) is 10.1. The third-order valence-electron chi connectivity index (χ3n) is 2.13. The first-order valence-corrected chi connectivity index (χ1v) is 4.84. The van der Waals surface area contributed by atoms with Crippen LogP contribution in [0, 0.1) is 0 Å². The van der Waals surface area contributed by atoms with Crippen LogP contribution in [0.4, 0.5) is 0 Å². The first kappa shape index (κ1) is 9.28. The highest BCUT2D eigenvalue weighted by Crippen LogP contribution is 2.26. The third-order valence-corrected chi connectivity index (χ3v) is 2.46. The molecule has 0 aliphatic heterocycles. The Hall–Kier alpha value is -1.28. The summed E-state index contributed by atoms with van der Waals surface area (Å²) in [5.74, 6) is 0. The van der Waals surface area contributed by atoms with Gasteiger partial charge in [-0.3, -0.25) is 4.68 Å². The summed E-state index contributed by atoms with van der Waals surface area (Å²) in [6.45, 7) is 1.98. The van der Waals surface area contributed by atoms with Gasteiger partial charge in [0.15, 0.2) is 0 Å². The van der Waals surface area contributed by atoms with Crippen LogP contribution in [0.5, 0.6) is 0 Å². The van der Waals surface area contributed by atoms with Gasteiger partial charge in [0, 0.05) is 29.2 Å². The van der Waals surface area contributed by atoms with Crippen molar-refractivity contribution in [3.05, 3.63) is 35.0 Å². The van der Waals surface area contributed by atoms with E-state index in [1.54, 1.807) is 4.68 Å². The van der Waals surface area contributed by atoms with Gasteiger partial charge < -0.3 is 0 Å². The maximum Gasteiger partial charge on any atom is 0.0930 e. The molecule has 1 aromatic heterocycles. The van der Waals surface area contributed by atoms with Gasteiger partial charge in [-0.2, -0.15) is 5.10 Å². The number of allylic oxidation sites excluding steroid dienone is 1. The smallest absolute Gasteiger partial charge is 0.0930 e. The lowest BCUT2D eigenvalue weighted by atomic mass is 10.1. The predicted octanol–water partition coefficient (Wildman–Crippen LogP) is 3.26. The van der Waals surface area contributed by atoms with Crippen molar-refractivity contribution in [2.45, 2.75) is 6.92 Å². The van der Waals surface area contributed by atoms with Crippen molar-refractivity contribution in [3.8, 4) is 0 Å². The van der Waals surface area contributed by atoms with Crippen molar-refractivity contribution >= 4 is 28.6 Å². The fourth-order valence-corrected chi connectivity index (χ4v) is 1.77. The molecule has 0 saturated carbocycles. The second-order valence-electron chi connectivity index (χ2n) is 3.20. The summed E-state index contributed by atoms with van der Waals surface area (Å²) in [4.78, 5) is 0. The molecule has 0 amide bonds. The number of nitrogens with zero attached hydrogens (tertiary/aromatic N) is 2. The number of aryl methyl sites for hydroxylation is 1. The largest absolute Gasteiger partial charge is 0.275 e. The highest BCUT2D eigenvalue weighted by molar-refractivity contribution is 6.33. The molecule has 0 fully saturated rings. The molecule has 2 rings (SSSR count). The molecule has 0 atom stereocenters. The van der Waals surface area contributed by atoms with Gasteiger partial charge >= 0.3 is 0 Å². The molecule has 2 nitrogen and oxygen atoms in total. The Kier molecular flexibility index (Phi) is 2.30. The Bertz CT molecular complexity index is 497. The van der Waals surface area contributed by atoms with E-state index in [0.29, 0.717) is 0 Å². The van der Waals surface area contributed by atoms with E-state index in [1.807, 2.05) is 44.5 Å². The topological polar surface area (TPSA) is 17.8 Å². The van der Waals surface area contributed by atoms with E-state index in [9.17, 15) is 0 Å². The minimum Gasteiger partial charge on any atom is -0.275 e. The van der Waals surface area contributed by atoms with Crippen LogP contribution < -0.4 is 0 Å². The minimum atomic E-state index is 0.767. The fraction of sp³-hybridized carbons (Fsp3) is 0.182. The second kappa shape index (κ2) is 3.46. The molecule has 0 aliphatic rings.